The van der Waals surface area contributed by atoms with Gasteiger partial charge in [0.2, 0.25) is 0 Å². The average molecular weight is 337 g/mol. The first-order valence-corrected chi connectivity index (χ1v) is 9.51. The van der Waals surface area contributed by atoms with Crippen LogP contribution in [0.1, 0.15) is 0 Å². The zero-order chi connectivity index (χ0) is 15.6. The Morgan fingerprint density at radius 1 is 1.05 bits per heavy atom. The first kappa shape index (κ1) is 15.3. The zero-order valence-corrected chi connectivity index (χ0v) is 14.0. The van der Waals surface area contributed by atoms with Gasteiger partial charge in [0.1, 0.15) is 4.21 Å². The summed E-state index contributed by atoms with van der Waals surface area (Å²) in [5.41, 5.74) is 1.72. The molecule has 0 aliphatic carbocycles. The van der Waals surface area contributed by atoms with E-state index >= 15 is 0 Å². The molecule has 1 aromatic heterocycles. The summed E-state index contributed by atoms with van der Waals surface area (Å²) in [7, 11) is -1.34. The fraction of sp³-hybridized carbons (Fsp3) is 0.333. The quantitative estimate of drug-likeness (QED) is 0.930. The highest BCUT2D eigenvalue weighted by Crippen LogP contribution is 2.23. The molecule has 0 amide bonds. The van der Waals surface area contributed by atoms with E-state index in [1.165, 1.54) is 11.3 Å². The molecule has 1 aromatic carbocycles. The molecule has 2 aromatic rings. The first-order valence-electron chi connectivity index (χ1n) is 7.14. The van der Waals surface area contributed by atoms with Crippen LogP contribution in [0, 0.1) is 0 Å². The van der Waals surface area contributed by atoms with Crippen LogP contribution in [0.2, 0.25) is 0 Å². The lowest BCUT2D eigenvalue weighted by molar-refractivity contribution is 0.313. The predicted molar refractivity (Wildman–Crippen MR) is 91.3 cm³/mol. The molecule has 0 saturated carbocycles. The van der Waals surface area contributed by atoms with Crippen LogP contribution < -0.4 is 9.62 Å². The van der Waals surface area contributed by atoms with Gasteiger partial charge in [0.25, 0.3) is 10.0 Å². The topological polar surface area (TPSA) is 52.6 Å². The fourth-order valence-electron chi connectivity index (χ4n) is 2.43. The normalized spacial score (nSPS) is 16.7. The maximum Gasteiger partial charge on any atom is 0.271 e. The van der Waals surface area contributed by atoms with Crippen molar-refractivity contribution in [1.29, 1.82) is 0 Å². The lowest BCUT2D eigenvalue weighted by Crippen LogP contribution is -2.44. The summed E-state index contributed by atoms with van der Waals surface area (Å²) in [6.45, 7) is 4.09. The molecule has 3 rings (SSSR count). The number of hydrogen-bond acceptors (Lipinski definition) is 5. The number of sulfonamides is 1. The van der Waals surface area contributed by atoms with Crippen LogP contribution in [0.3, 0.4) is 0 Å². The number of anilines is 2. The van der Waals surface area contributed by atoms with Gasteiger partial charge in [-0.2, -0.15) is 0 Å². The van der Waals surface area contributed by atoms with Crippen LogP contribution in [-0.4, -0.2) is 46.5 Å². The summed E-state index contributed by atoms with van der Waals surface area (Å²) in [6.07, 6.45) is 0. The summed E-state index contributed by atoms with van der Waals surface area (Å²) < 4.78 is 27.3. The molecule has 0 radical (unpaired) electrons. The van der Waals surface area contributed by atoms with Crippen molar-refractivity contribution in [1.82, 2.24) is 4.90 Å². The highest BCUT2D eigenvalue weighted by molar-refractivity contribution is 7.94. The molecule has 5 nitrogen and oxygen atoms in total. The van der Waals surface area contributed by atoms with Crippen molar-refractivity contribution in [2.75, 3.05) is 42.8 Å². The molecule has 0 atom stereocenters. The summed E-state index contributed by atoms with van der Waals surface area (Å²) in [5, 5.41) is 1.75. The van der Waals surface area contributed by atoms with Crippen molar-refractivity contribution in [3.8, 4) is 0 Å². The van der Waals surface area contributed by atoms with Crippen LogP contribution in [0.25, 0.3) is 0 Å². The number of benzene rings is 1. The molecule has 1 fully saturated rings. The third-order valence-corrected chi connectivity index (χ3v) is 6.53. The molecule has 0 bridgehead atoms. The van der Waals surface area contributed by atoms with Gasteiger partial charge in [0.05, 0.1) is 0 Å². The van der Waals surface area contributed by atoms with Gasteiger partial charge < -0.3 is 9.80 Å². The highest BCUT2D eigenvalue weighted by Gasteiger charge is 2.16. The number of rotatable bonds is 4. The van der Waals surface area contributed by atoms with E-state index in [0.717, 1.165) is 31.9 Å². The number of likely N-dealkylation sites (N-methyl/N-ethyl adjacent to an activating group) is 1. The van der Waals surface area contributed by atoms with Crippen molar-refractivity contribution in [2.24, 2.45) is 0 Å². The third-order valence-electron chi connectivity index (χ3n) is 3.75. The van der Waals surface area contributed by atoms with Crippen LogP contribution in [-0.2, 0) is 10.0 Å². The monoisotopic (exact) mass is 337 g/mol. The van der Waals surface area contributed by atoms with Gasteiger partial charge in [-0.25, -0.2) is 8.42 Å². The average Bonchev–Trinajstić information content (AvgIpc) is 3.04. The molecule has 2 heterocycles. The van der Waals surface area contributed by atoms with E-state index in [2.05, 4.69) is 21.6 Å². The minimum Gasteiger partial charge on any atom is -0.369 e. The molecule has 7 heteroatoms. The van der Waals surface area contributed by atoms with E-state index in [1.807, 2.05) is 24.3 Å². The number of thiophene rings is 1. The fourth-order valence-corrected chi connectivity index (χ4v) is 4.48. The molecule has 0 unspecified atom stereocenters. The van der Waals surface area contributed by atoms with Crippen LogP contribution in [0.15, 0.2) is 46.0 Å². The van der Waals surface area contributed by atoms with Gasteiger partial charge in [-0.3, -0.25) is 4.72 Å². The SMILES string of the molecule is CN1CCN(c2ccc(NS(=O)(=O)c3cccs3)cc2)CC1. The Balaban J connectivity index is 1.70. The second kappa shape index (κ2) is 6.28. The van der Waals surface area contributed by atoms with Gasteiger partial charge in [0.15, 0.2) is 0 Å². The number of hydrogen-bond donors (Lipinski definition) is 1. The van der Waals surface area contributed by atoms with Gasteiger partial charge in [0, 0.05) is 37.6 Å². The first-order chi connectivity index (χ1) is 10.5. The molecule has 1 aliphatic rings. The zero-order valence-electron chi connectivity index (χ0n) is 12.4. The lowest BCUT2D eigenvalue weighted by Gasteiger charge is -2.34. The second-order valence-electron chi connectivity index (χ2n) is 5.37. The molecular weight excluding hydrogens is 318 g/mol. The minimum absolute atomic E-state index is 0.329. The minimum atomic E-state index is -3.47. The van der Waals surface area contributed by atoms with Crippen molar-refractivity contribution < 1.29 is 8.42 Å². The Morgan fingerprint density at radius 2 is 1.73 bits per heavy atom. The summed E-state index contributed by atoms with van der Waals surface area (Å²) in [5.74, 6) is 0. The lowest BCUT2D eigenvalue weighted by atomic mass is 10.2. The van der Waals surface area contributed by atoms with E-state index < -0.39 is 10.0 Å². The van der Waals surface area contributed by atoms with E-state index in [9.17, 15) is 8.42 Å². The third kappa shape index (κ3) is 3.43. The molecule has 0 spiro atoms. The standard InChI is InChI=1S/C15H19N3O2S2/c1-17-8-10-18(11-9-17)14-6-4-13(5-7-14)16-22(19,20)15-3-2-12-21-15/h2-7,12,16H,8-11H2,1H3. The van der Waals surface area contributed by atoms with Gasteiger partial charge in [-0.1, -0.05) is 6.07 Å². The van der Waals surface area contributed by atoms with Gasteiger partial charge in [-0.15, -0.1) is 11.3 Å². The van der Waals surface area contributed by atoms with Crippen molar-refractivity contribution >= 4 is 32.7 Å². The molecule has 1 aliphatic heterocycles. The number of nitrogens with one attached hydrogen (secondary N) is 1. The van der Waals surface area contributed by atoms with Crippen molar-refractivity contribution in [3.05, 3.63) is 41.8 Å². The van der Waals surface area contributed by atoms with Crippen LogP contribution >= 0.6 is 11.3 Å². The van der Waals surface area contributed by atoms with Gasteiger partial charge in [-0.05, 0) is 42.8 Å². The van der Waals surface area contributed by atoms with Crippen molar-refractivity contribution in [2.45, 2.75) is 4.21 Å². The van der Waals surface area contributed by atoms with E-state index in [4.69, 9.17) is 0 Å². The van der Waals surface area contributed by atoms with E-state index in [-0.39, 0.29) is 0 Å². The van der Waals surface area contributed by atoms with Crippen LogP contribution in [0.4, 0.5) is 11.4 Å². The maximum atomic E-state index is 12.2. The summed E-state index contributed by atoms with van der Waals surface area (Å²) >= 11 is 1.21. The Bertz CT molecular complexity index is 704. The Morgan fingerprint density at radius 3 is 2.32 bits per heavy atom. The second-order valence-corrected chi connectivity index (χ2v) is 8.23. The van der Waals surface area contributed by atoms with Gasteiger partial charge >= 0.3 is 0 Å². The summed E-state index contributed by atoms with van der Waals surface area (Å²) in [6, 6.07) is 10.9. The maximum absolute atomic E-state index is 12.2. The summed E-state index contributed by atoms with van der Waals surface area (Å²) in [4.78, 5) is 4.62. The highest BCUT2D eigenvalue weighted by atomic mass is 32.2. The van der Waals surface area contributed by atoms with Crippen LogP contribution in [0.5, 0.6) is 0 Å². The largest absolute Gasteiger partial charge is 0.369 e. The number of nitrogens with zero attached hydrogens (tertiary/aromatic N) is 2. The molecule has 22 heavy (non-hydrogen) atoms. The molecule has 118 valence electrons. The Hall–Kier alpha value is -1.57. The molecule has 1 N–H and O–H groups in total. The van der Waals surface area contributed by atoms with Crippen molar-refractivity contribution in [3.63, 3.8) is 0 Å². The van der Waals surface area contributed by atoms with E-state index in [0.29, 0.717) is 9.90 Å². The number of piperazine rings is 1. The Kier molecular flexibility index (Phi) is 4.37. The van der Waals surface area contributed by atoms with E-state index in [1.54, 1.807) is 17.5 Å². The smallest absolute Gasteiger partial charge is 0.271 e. The molecule has 1 saturated heterocycles. The molecular formula is C15H19N3O2S2. The Labute approximate surface area is 135 Å². The predicted octanol–water partition coefficient (Wildman–Crippen LogP) is 2.30.